The van der Waals surface area contributed by atoms with Gasteiger partial charge in [-0.2, -0.15) is 0 Å². The molecule has 0 saturated carbocycles. The molecule has 1 aliphatic rings. The normalized spacial score (nSPS) is 14.6. The zero-order valence-electron chi connectivity index (χ0n) is 7.77. The lowest BCUT2D eigenvalue weighted by molar-refractivity contribution is 0.0975. The Morgan fingerprint density at radius 2 is 2.12 bits per heavy atom. The highest BCUT2D eigenvalue weighted by atomic mass is 35.5. The van der Waals surface area contributed by atoms with Crippen LogP contribution in [0, 0.1) is 5.53 Å². The van der Waals surface area contributed by atoms with Crippen LogP contribution in [-0.2, 0) is 0 Å². The smallest absolute Gasteiger partial charge is 0.226 e. The average molecular weight is 236 g/mol. The third-order valence-electron chi connectivity index (χ3n) is 2.04. The lowest BCUT2D eigenvalue weighted by Gasteiger charge is -2.10. The Morgan fingerprint density at radius 1 is 1.38 bits per heavy atom. The molecule has 1 aromatic heterocycles. The molecular weight excluding hydrogens is 232 g/mol. The standard InChI is InChI=1S/C9H4ClN4O2/c10-5-7(13-14-11)8(15)4-2-1-3-12-6(4)9(5)16/h1-3,11H/q+1. The van der Waals surface area contributed by atoms with Crippen LogP contribution in [0.3, 0.4) is 0 Å². The van der Waals surface area contributed by atoms with Gasteiger partial charge >= 0.3 is 0 Å². The number of Topliss-reactive ketones (excluding diaryl/α,β-unsaturated/α-hetero) is 2. The highest BCUT2D eigenvalue weighted by molar-refractivity contribution is 6.49. The lowest BCUT2D eigenvalue weighted by atomic mass is 9.97. The zero-order chi connectivity index (χ0) is 11.7. The Kier molecular flexibility index (Phi) is 2.44. The van der Waals surface area contributed by atoms with E-state index >= 15 is 0 Å². The second-order valence-corrected chi connectivity index (χ2v) is 3.30. The Bertz CT molecular complexity index is 587. The van der Waals surface area contributed by atoms with E-state index in [1.165, 1.54) is 18.3 Å². The molecule has 0 unspecified atom stereocenters. The first kappa shape index (κ1) is 10.4. The number of carbonyl (C=O) groups excluding carboxylic acids is 2. The van der Waals surface area contributed by atoms with E-state index < -0.39 is 11.6 Å². The fourth-order valence-electron chi connectivity index (χ4n) is 1.35. The van der Waals surface area contributed by atoms with E-state index in [0.717, 1.165) is 0 Å². The number of aromatic nitrogens is 1. The summed E-state index contributed by atoms with van der Waals surface area (Å²) in [5.41, 5.74) is 6.36. The first-order chi connectivity index (χ1) is 7.66. The number of rotatable bonds is 1. The molecule has 0 saturated heterocycles. The molecule has 78 valence electrons. The lowest BCUT2D eigenvalue weighted by Crippen LogP contribution is -2.20. The summed E-state index contributed by atoms with van der Waals surface area (Å²) in [6.07, 6.45) is 1.39. The van der Waals surface area contributed by atoms with Crippen LogP contribution < -0.4 is 4.91 Å². The van der Waals surface area contributed by atoms with Crippen molar-refractivity contribution in [1.29, 1.82) is 5.53 Å². The van der Waals surface area contributed by atoms with Gasteiger partial charge in [0.15, 0.2) is 5.11 Å². The molecule has 0 bridgehead atoms. The minimum Gasteiger partial charge on any atom is -0.286 e. The van der Waals surface area contributed by atoms with Crippen LogP contribution in [0.2, 0.25) is 0 Å². The van der Waals surface area contributed by atoms with Gasteiger partial charge in [0.05, 0.1) is 5.56 Å². The van der Waals surface area contributed by atoms with Gasteiger partial charge in [0.2, 0.25) is 22.2 Å². The molecule has 1 aliphatic carbocycles. The number of ketones is 2. The monoisotopic (exact) mass is 235 g/mol. The molecule has 0 fully saturated rings. The predicted molar refractivity (Wildman–Crippen MR) is 53.1 cm³/mol. The second kappa shape index (κ2) is 3.77. The molecule has 6 nitrogen and oxygen atoms in total. The molecule has 7 heteroatoms. The fourth-order valence-corrected chi connectivity index (χ4v) is 1.56. The predicted octanol–water partition coefficient (Wildman–Crippen LogP) is 1.46. The van der Waals surface area contributed by atoms with E-state index in [0.29, 0.717) is 0 Å². The quantitative estimate of drug-likeness (QED) is 0.589. The van der Waals surface area contributed by atoms with E-state index in [-0.39, 0.29) is 22.0 Å². The van der Waals surface area contributed by atoms with Gasteiger partial charge in [-0.1, -0.05) is 11.6 Å². The largest absolute Gasteiger partial charge is 0.286 e. The van der Waals surface area contributed by atoms with Crippen LogP contribution in [0.25, 0.3) is 0 Å². The van der Waals surface area contributed by atoms with Gasteiger partial charge < -0.3 is 0 Å². The van der Waals surface area contributed by atoms with Crippen molar-refractivity contribution in [1.82, 2.24) is 9.90 Å². The van der Waals surface area contributed by atoms with Crippen molar-refractivity contribution in [3.05, 3.63) is 40.3 Å². The van der Waals surface area contributed by atoms with Crippen molar-refractivity contribution >= 4 is 23.2 Å². The van der Waals surface area contributed by atoms with Crippen LogP contribution in [0.15, 0.2) is 34.2 Å². The van der Waals surface area contributed by atoms with Crippen molar-refractivity contribution in [3.63, 3.8) is 0 Å². The van der Waals surface area contributed by atoms with E-state index in [1.54, 1.807) is 0 Å². The Balaban J connectivity index is 2.72. The number of allylic oxidation sites excluding steroid dienone is 2. The van der Waals surface area contributed by atoms with Crippen LogP contribution in [0.1, 0.15) is 20.8 Å². The van der Waals surface area contributed by atoms with Gasteiger partial charge in [-0.3, -0.25) is 14.6 Å². The van der Waals surface area contributed by atoms with Crippen LogP contribution in [-0.4, -0.2) is 16.6 Å². The summed E-state index contributed by atoms with van der Waals surface area (Å²) < 4.78 is 0. The van der Waals surface area contributed by atoms with Gasteiger partial charge in [0.1, 0.15) is 16.3 Å². The van der Waals surface area contributed by atoms with Gasteiger partial charge in [-0.25, -0.2) is 0 Å². The summed E-state index contributed by atoms with van der Waals surface area (Å²) in [5.74, 6) is -1.14. The van der Waals surface area contributed by atoms with Crippen molar-refractivity contribution in [2.24, 2.45) is 5.11 Å². The first-order valence-corrected chi connectivity index (χ1v) is 4.56. The van der Waals surface area contributed by atoms with Crippen LogP contribution in [0.5, 0.6) is 0 Å². The fraction of sp³-hybridized carbons (Fsp3) is 0. The molecule has 0 amide bonds. The average Bonchev–Trinajstić information content (AvgIpc) is 2.32. The second-order valence-electron chi connectivity index (χ2n) is 2.92. The summed E-state index contributed by atoms with van der Waals surface area (Å²) in [7, 11) is 0. The van der Waals surface area contributed by atoms with Gasteiger partial charge in [0, 0.05) is 6.20 Å². The van der Waals surface area contributed by atoms with Crippen molar-refractivity contribution in [2.45, 2.75) is 0 Å². The molecule has 2 rings (SSSR count). The number of carbonyl (C=O) groups is 2. The molecule has 1 heterocycles. The Hall–Kier alpha value is -2.17. The Morgan fingerprint density at radius 3 is 2.81 bits per heavy atom. The van der Waals surface area contributed by atoms with E-state index in [2.05, 4.69) is 15.0 Å². The van der Waals surface area contributed by atoms with Crippen molar-refractivity contribution < 1.29 is 9.59 Å². The third-order valence-corrected chi connectivity index (χ3v) is 2.39. The number of halogens is 1. The number of hydrogen-bond acceptors (Lipinski definition) is 5. The summed E-state index contributed by atoms with van der Waals surface area (Å²) in [4.78, 5) is 30.0. The summed E-state index contributed by atoms with van der Waals surface area (Å²) in [6.45, 7) is 0. The summed E-state index contributed by atoms with van der Waals surface area (Å²) in [6, 6.07) is 2.98. The van der Waals surface area contributed by atoms with E-state index in [9.17, 15) is 9.59 Å². The number of pyridine rings is 1. The number of nitrogens with one attached hydrogen (secondary N) is 1. The minimum absolute atomic E-state index is 0.00132. The molecule has 0 spiro atoms. The molecular formula is C9H4ClN4O2+. The van der Waals surface area contributed by atoms with Gasteiger partial charge in [-0.05, 0) is 12.1 Å². The van der Waals surface area contributed by atoms with Gasteiger partial charge in [-0.15, -0.1) is 0 Å². The molecule has 1 N–H and O–H groups in total. The maximum Gasteiger partial charge on any atom is 0.226 e. The highest BCUT2D eigenvalue weighted by Crippen LogP contribution is 2.27. The summed E-state index contributed by atoms with van der Waals surface area (Å²) >= 11 is 5.67. The topological polar surface area (TPSA) is 97.3 Å². The Labute approximate surface area is 94.2 Å². The number of hydrogen-bond donors (Lipinski definition) is 1. The molecule has 16 heavy (non-hydrogen) atoms. The van der Waals surface area contributed by atoms with E-state index in [4.69, 9.17) is 17.1 Å². The van der Waals surface area contributed by atoms with Crippen LogP contribution in [0.4, 0.5) is 0 Å². The molecule has 0 radical (unpaired) electrons. The van der Waals surface area contributed by atoms with Crippen molar-refractivity contribution in [2.75, 3.05) is 0 Å². The summed E-state index contributed by atoms with van der Waals surface area (Å²) in [5, 5.41) is 2.88. The highest BCUT2D eigenvalue weighted by Gasteiger charge is 2.35. The number of nitrogens with zero attached hydrogens (tertiary/aromatic N) is 3. The maximum absolute atomic E-state index is 11.8. The van der Waals surface area contributed by atoms with Gasteiger partial charge in [0.25, 0.3) is 0 Å². The maximum atomic E-state index is 11.8. The minimum atomic E-state index is -0.584. The first-order valence-electron chi connectivity index (χ1n) is 4.18. The van der Waals surface area contributed by atoms with Crippen LogP contribution >= 0.6 is 11.6 Å². The molecule has 0 aromatic carbocycles. The third kappa shape index (κ3) is 1.37. The molecule has 0 atom stereocenters. The SMILES string of the molecule is N=[N+]=NC1=C(Cl)C(=O)c2ncccc2C1=O. The molecule has 1 aromatic rings. The molecule has 0 aliphatic heterocycles. The van der Waals surface area contributed by atoms with Crippen molar-refractivity contribution in [3.8, 4) is 0 Å². The zero-order valence-corrected chi connectivity index (χ0v) is 8.52. The van der Waals surface area contributed by atoms with E-state index in [1.807, 2.05) is 0 Å². The number of fused-ring (bicyclic) bond motifs is 1.